The minimum absolute atomic E-state index is 1.39. The van der Waals surface area contributed by atoms with E-state index in [0.717, 1.165) is 0 Å². The molecule has 0 bridgehead atoms. The lowest BCUT2D eigenvalue weighted by Crippen LogP contribution is -1.98. The highest BCUT2D eigenvalue weighted by Crippen LogP contribution is 1.76. The molecule has 0 aromatic carbocycles. The third-order valence-electron chi connectivity index (χ3n) is 0.312. The van der Waals surface area contributed by atoms with Crippen LogP contribution in [0.5, 0.6) is 0 Å². The first kappa shape index (κ1) is 6.14. The van der Waals surface area contributed by atoms with Crippen molar-refractivity contribution in [1.82, 2.24) is 5.01 Å². The molecule has 0 aromatic heterocycles. The fraction of sp³-hybridized carbons (Fsp3) is 0.500. The number of rotatable bonds is 2. The minimum atomic E-state index is 1.39. The summed E-state index contributed by atoms with van der Waals surface area (Å²) in [6.45, 7) is 3.35. The van der Waals surface area contributed by atoms with Crippen LogP contribution in [0, 0.1) is 0 Å². The summed E-state index contributed by atoms with van der Waals surface area (Å²) in [5.41, 5.74) is 0. The smallest absolute Gasteiger partial charge is 0.0441 e. The maximum Gasteiger partial charge on any atom is 0.0441 e. The van der Waals surface area contributed by atoms with E-state index in [2.05, 4.69) is 16.9 Å². The third-order valence-corrected chi connectivity index (χ3v) is 0.312. The second kappa shape index (κ2) is 3.33. The van der Waals surface area contributed by atoms with E-state index in [1.54, 1.807) is 19.1 Å². The highest BCUT2D eigenvalue weighted by molar-refractivity contribution is 4.55. The summed E-state index contributed by atoms with van der Waals surface area (Å²) < 4.78 is 0. The van der Waals surface area contributed by atoms with Gasteiger partial charge in [0.25, 0.3) is 0 Å². The molecule has 0 spiro atoms. The van der Waals surface area contributed by atoms with Gasteiger partial charge in [-0.25, -0.2) is 0 Å². The van der Waals surface area contributed by atoms with Crippen molar-refractivity contribution in [2.45, 2.75) is 0 Å². The lowest BCUT2D eigenvalue weighted by atomic mass is 11.1. The van der Waals surface area contributed by atoms with Crippen LogP contribution in [0.3, 0.4) is 0 Å². The Morgan fingerprint density at radius 1 is 1.57 bits per heavy atom. The van der Waals surface area contributed by atoms with Gasteiger partial charge < -0.3 is 0 Å². The van der Waals surface area contributed by atoms with Crippen LogP contribution in [0.2, 0.25) is 0 Å². The van der Waals surface area contributed by atoms with Crippen LogP contribution < -0.4 is 0 Å². The van der Waals surface area contributed by atoms with Crippen molar-refractivity contribution in [3.8, 4) is 0 Å². The van der Waals surface area contributed by atoms with Crippen molar-refractivity contribution in [2.75, 3.05) is 14.1 Å². The molecule has 0 aliphatic rings. The highest BCUT2D eigenvalue weighted by Gasteiger charge is 1.69. The monoisotopic (exact) mass is 99.1 g/mol. The summed E-state index contributed by atoms with van der Waals surface area (Å²) in [4.78, 5) is 0. The van der Waals surface area contributed by atoms with Crippen molar-refractivity contribution >= 4 is 0 Å². The van der Waals surface area contributed by atoms with Gasteiger partial charge in [0, 0.05) is 20.3 Å². The maximum atomic E-state index is 3.58. The lowest BCUT2D eigenvalue weighted by molar-refractivity contribution is 0.407. The molecule has 0 aromatic rings. The van der Waals surface area contributed by atoms with E-state index in [1.807, 2.05) is 0 Å². The van der Waals surface area contributed by atoms with Crippen molar-refractivity contribution in [3.05, 3.63) is 12.8 Å². The van der Waals surface area contributed by atoms with Crippen molar-refractivity contribution in [3.63, 3.8) is 0 Å². The molecule has 7 heavy (non-hydrogen) atoms. The van der Waals surface area contributed by atoms with E-state index in [4.69, 9.17) is 0 Å². The SMILES string of the molecule is C=C/N=N\N(C)C. The second-order valence-electron chi connectivity index (χ2n) is 1.23. The first-order valence-corrected chi connectivity index (χ1v) is 1.96. The fourth-order valence-corrected chi connectivity index (χ4v) is 0.140. The Morgan fingerprint density at radius 3 is 2.29 bits per heavy atom. The maximum absolute atomic E-state index is 3.58. The van der Waals surface area contributed by atoms with E-state index >= 15 is 0 Å². The van der Waals surface area contributed by atoms with E-state index in [0.29, 0.717) is 0 Å². The van der Waals surface area contributed by atoms with E-state index in [9.17, 15) is 0 Å². The Labute approximate surface area is 43.3 Å². The standard InChI is InChI=1S/C4H9N3/c1-4-5-6-7(2)3/h4H,1H2,2-3H3/b6-5-. The molecule has 3 nitrogen and oxygen atoms in total. The average Bonchev–Trinajstić information content (AvgIpc) is 1.61. The first-order chi connectivity index (χ1) is 3.27. The summed E-state index contributed by atoms with van der Waals surface area (Å²) in [6, 6.07) is 0. The zero-order valence-corrected chi connectivity index (χ0v) is 4.63. The van der Waals surface area contributed by atoms with Crippen molar-refractivity contribution in [2.24, 2.45) is 10.3 Å². The summed E-state index contributed by atoms with van der Waals surface area (Å²) in [5, 5.41) is 8.67. The van der Waals surface area contributed by atoms with Gasteiger partial charge in [-0.1, -0.05) is 11.8 Å². The van der Waals surface area contributed by atoms with Crippen LogP contribution in [0.15, 0.2) is 23.1 Å². The molecule has 3 heteroatoms. The second-order valence-corrected chi connectivity index (χ2v) is 1.23. The number of hydrogen-bond donors (Lipinski definition) is 0. The van der Waals surface area contributed by atoms with Gasteiger partial charge in [-0.05, 0) is 0 Å². The van der Waals surface area contributed by atoms with Crippen LogP contribution >= 0.6 is 0 Å². The molecule has 0 radical (unpaired) electrons. The summed E-state index contributed by atoms with van der Waals surface area (Å²) in [6.07, 6.45) is 1.39. The van der Waals surface area contributed by atoms with Crippen LogP contribution in [0.4, 0.5) is 0 Å². The van der Waals surface area contributed by atoms with E-state index in [-0.39, 0.29) is 0 Å². The van der Waals surface area contributed by atoms with Gasteiger partial charge in [0.05, 0.1) is 0 Å². The summed E-state index contributed by atoms with van der Waals surface area (Å²) in [5.74, 6) is 0. The molecule has 0 rings (SSSR count). The molecule has 0 atom stereocenters. The fourth-order valence-electron chi connectivity index (χ4n) is 0.140. The Morgan fingerprint density at radius 2 is 2.14 bits per heavy atom. The van der Waals surface area contributed by atoms with Gasteiger partial charge >= 0.3 is 0 Å². The molecule has 0 unspecified atom stereocenters. The predicted molar refractivity (Wildman–Crippen MR) is 28.7 cm³/mol. The van der Waals surface area contributed by atoms with Crippen LogP contribution in [-0.4, -0.2) is 19.1 Å². The van der Waals surface area contributed by atoms with Crippen LogP contribution in [0.1, 0.15) is 0 Å². The molecular weight excluding hydrogens is 90.1 g/mol. The van der Waals surface area contributed by atoms with Crippen LogP contribution in [-0.2, 0) is 0 Å². The molecule has 0 saturated heterocycles. The van der Waals surface area contributed by atoms with Gasteiger partial charge in [-0.15, -0.1) is 5.11 Å². The normalized spacial score (nSPS) is 9.43. The van der Waals surface area contributed by atoms with Gasteiger partial charge in [-0.2, -0.15) is 0 Å². The Bertz CT molecular complexity index is 75.0. The topological polar surface area (TPSA) is 28.0 Å². The zero-order chi connectivity index (χ0) is 5.70. The minimum Gasteiger partial charge on any atom is -0.285 e. The first-order valence-electron chi connectivity index (χ1n) is 1.96. The van der Waals surface area contributed by atoms with Crippen molar-refractivity contribution < 1.29 is 0 Å². The molecule has 0 N–H and O–H groups in total. The highest BCUT2D eigenvalue weighted by atomic mass is 15.5. The Hall–Kier alpha value is -0.860. The Balaban J connectivity index is 3.25. The Kier molecular flexibility index (Phi) is 2.92. The van der Waals surface area contributed by atoms with Gasteiger partial charge in [0.2, 0.25) is 0 Å². The van der Waals surface area contributed by atoms with Crippen LogP contribution in [0.25, 0.3) is 0 Å². The lowest BCUT2D eigenvalue weighted by Gasteiger charge is -1.96. The number of nitrogens with zero attached hydrogens (tertiary/aromatic N) is 3. The van der Waals surface area contributed by atoms with Gasteiger partial charge in [0.15, 0.2) is 0 Å². The summed E-state index contributed by atoms with van der Waals surface area (Å²) in [7, 11) is 3.60. The molecule has 40 valence electrons. The molecule has 0 amide bonds. The quantitative estimate of drug-likeness (QED) is 0.375. The van der Waals surface area contributed by atoms with E-state index in [1.165, 1.54) is 6.20 Å². The predicted octanol–water partition coefficient (Wildman–Crippen LogP) is 1.06. The van der Waals surface area contributed by atoms with Crippen molar-refractivity contribution in [1.29, 1.82) is 0 Å². The molecule has 0 fully saturated rings. The molecule has 0 heterocycles. The number of hydrogen-bond acceptors (Lipinski definition) is 2. The third kappa shape index (κ3) is 5.14. The van der Waals surface area contributed by atoms with E-state index < -0.39 is 0 Å². The van der Waals surface area contributed by atoms with Gasteiger partial charge in [-0.3, -0.25) is 5.01 Å². The molecule has 0 saturated carbocycles. The largest absolute Gasteiger partial charge is 0.285 e. The van der Waals surface area contributed by atoms with Gasteiger partial charge in [0.1, 0.15) is 0 Å². The average molecular weight is 99.1 g/mol. The molecule has 0 aliphatic carbocycles. The molecule has 0 aliphatic heterocycles. The molecular formula is C4H9N3. The summed E-state index contributed by atoms with van der Waals surface area (Å²) >= 11 is 0. The zero-order valence-electron chi connectivity index (χ0n) is 4.63.